The third kappa shape index (κ3) is 4.79. The van der Waals surface area contributed by atoms with E-state index in [4.69, 9.17) is 17.0 Å². The number of ether oxygens (including phenoxy) is 1. The van der Waals surface area contributed by atoms with E-state index >= 15 is 0 Å². The van der Waals surface area contributed by atoms with E-state index in [1.807, 2.05) is 30.3 Å². The molecule has 0 saturated heterocycles. The second kappa shape index (κ2) is 7.90. The first-order valence-electron chi connectivity index (χ1n) is 6.71. The number of non-ortho nitro benzene ring substituents is 1. The van der Waals surface area contributed by atoms with E-state index in [1.165, 1.54) is 12.1 Å². The summed E-state index contributed by atoms with van der Waals surface area (Å²) < 4.78 is 5.45. The van der Waals surface area contributed by atoms with Crippen LogP contribution in [0.4, 0.5) is 5.69 Å². The van der Waals surface area contributed by atoms with Gasteiger partial charge < -0.3 is 14.7 Å². The minimum atomic E-state index is -0.427. The summed E-state index contributed by atoms with van der Waals surface area (Å²) in [5.41, 5.74) is 1.75. The van der Waals surface area contributed by atoms with Gasteiger partial charge >= 0.3 is 0 Å². The lowest BCUT2D eigenvalue weighted by atomic mass is 10.1. The van der Waals surface area contributed by atoms with Gasteiger partial charge in [-0.1, -0.05) is 18.2 Å². The van der Waals surface area contributed by atoms with Crippen molar-refractivity contribution in [2.45, 2.75) is 0 Å². The highest BCUT2D eigenvalue weighted by Crippen LogP contribution is 2.19. The van der Waals surface area contributed by atoms with Crippen molar-refractivity contribution in [1.82, 2.24) is 9.97 Å². The van der Waals surface area contributed by atoms with Crippen LogP contribution in [0.1, 0.15) is 0 Å². The van der Waals surface area contributed by atoms with Crippen molar-refractivity contribution in [1.29, 1.82) is 0 Å². The molecule has 23 heavy (non-hydrogen) atoms. The molecule has 0 radical (unpaired) electrons. The molecule has 118 valence electrons. The summed E-state index contributed by atoms with van der Waals surface area (Å²) in [5.74, 6) is 0.910. The Labute approximate surface area is 137 Å². The maximum absolute atomic E-state index is 10.4. The fourth-order valence-corrected chi connectivity index (χ4v) is 1.98. The largest absolute Gasteiger partial charge is 0.497 e. The highest BCUT2D eigenvalue weighted by atomic mass is 32.1. The highest BCUT2D eigenvalue weighted by molar-refractivity contribution is 7.71. The van der Waals surface area contributed by atoms with Gasteiger partial charge in [0.25, 0.3) is 5.69 Å². The van der Waals surface area contributed by atoms with Gasteiger partial charge in [0.05, 0.1) is 17.7 Å². The van der Waals surface area contributed by atoms with Crippen LogP contribution in [0.25, 0.3) is 11.3 Å². The second-order valence-corrected chi connectivity index (χ2v) is 4.89. The zero-order valence-corrected chi connectivity index (χ0v) is 13.2. The molecule has 1 heterocycles. The Morgan fingerprint density at radius 1 is 1.09 bits per heavy atom. The van der Waals surface area contributed by atoms with Crippen LogP contribution in [0.5, 0.6) is 5.75 Å². The van der Waals surface area contributed by atoms with Gasteiger partial charge in [0.2, 0.25) is 0 Å². The Morgan fingerprint density at radius 2 is 1.74 bits per heavy atom. The van der Waals surface area contributed by atoms with Gasteiger partial charge in [0.1, 0.15) is 5.75 Å². The molecule has 3 rings (SSSR count). The van der Waals surface area contributed by atoms with E-state index in [9.17, 15) is 10.1 Å². The molecule has 0 aliphatic heterocycles. The highest BCUT2D eigenvalue weighted by Gasteiger charge is 2.05. The lowest BCUT2D eigenvalue weighted by Crippen LogP contribution is -1.87. The van der Waals surface area contributed by atoms with Crippen molar-refractivity contribution >= 4 is 17.9 Å². The summed E-state index contributed by atoms with van der Waals surface area (Å²) in [4.78, 5) is 15.8. The van der Waals surface area contributed by atoms with Crippen molar-refractivity contribution in [2.24, 2.45) is 0 Å². The van der Waals surface area contributed by atoms with Gasteiger partial charge in [-0.15, -0.1) is 0 Å². The molecular formula is C16H15N3O3S. The molecule has 0 unspecified atom stereocenters. The fourth-order valence-electron chi connectivity index (χ4n) is 1.81. The molecule has 0 aliphatic carbocycles. The molecule has 2 aromatic carbocycles. The van der Waals surface area contributed by atoms with Crippen molar-refractivity contribution in [2.75, 3.05) is 7.11 Å². The Hall–Kier alpha value is -2.93. The second-order valence-electron chi connectivity index (χ2n) is 4.48. The quantitative estimate of drug-likeness (QED) is 0.425. The number of methoxy groups -OCH3 is 1. The van der Waals surface area contributed by atoms with Gasteiger partial charge in [0, 0.05) is 18.3 Å². The fraction of sp³-hybridized carbons (Fsp3) is 0.0625. The summed E-state index contributed by atoms with van der Waals surface area (Å²) in [7, 11) is 1.66. The standard InChI is InChI=1S/C9H7N3O2S.C7H8O/c13-12(14)7-3-1-6(2-4-7)8-5-10-9(15)11-8;1-8-7-5-3-2-4-6-7/h1-5H,(H2,10,11,15);2-6H,1H3. The monoisotopic (exact) mass is 329 g/mol. The number of nitrogens with zero attached hydrogens (tertiary/aromatic N) is 1. The van der Waals surface area contributed by atoms with Crippen LogP contribution < -0.4 is 4.74 Å². The van der Waals surface area contributed by atoms with Gasteiger partial charge in [-0.3, -0.25) is 10.1 Å². The molecule has 2 N–H and O–H groups in total. The predicted molar refractivity (Wildman–Crippen MR) is 91.1 cm³/mol. The van der Waals surface area contributed by atoms with Crippen molar-refractivity contribution in [3.63, 3.8) is 0 Å². The first-order valence-corrected chi connectivity index (χ1v) is 7.12. The van der Waals surface area contributed by atoms with Crippen LogP contribution in [-0.2, 0) is 0 Å². The summed E-state index contributed by atoms with van der Waals surface area (Å²) in [6.45, 7) is 0. The number of nitro benzene ring substituents is 1. The van der Waals surface area contributed by atoms with Crippen LogP contribution in [0, 0.1) is 14.9 Å². The topological polar surface area (TPSA) is 83.9 Å². The van der Waals surface area contributed by atoms with Crippen LogP contribution >= 0.6 is 12.2 Å². The Kier molecular flexibility index (Phi) is 5.65. The van der Waals surface area contributed by atoms with E-state index in [-0.39, 0.29) is 5.69 Å². The van der Waals surface area contributed by atoms with E-state index in [1.54, 1.807) is 25.4 Å². The minimum absolute atomic E-state index is 0.0767. The molecule has 0 spiro atoms. The zero-order chi connectivity index (χ0) is 16.7. The third-order valence-electron chi connectivity index (χ3n) is 2.96. The van der Waals surface area contributed by atoms with Crippen LogP contribution in [0.3, 0.4) is 0 Å². The number of aromatic amines is 2. The van der Waals surface area contributed by atoms with Crippen LogP contribution in [-0.4, -0.2) is 22.0 Å². The summed E-state index contributed by atoms with van der Waals surface area (Å²) in [6, 6.07) is 15.9. The Morgan fingerprint density at radius 3 is 2.17 bits per heavy atom. The SMILES string of the molecule is COc1ccccc1.O=[N+]([O-])c1ccc(-c2c[nH]c(=S)[nH]2)cc1. The molecule has 0 fully saturated rings. The van der Waals surface area contributed by atoms with Gasteiger partial charge in [-0.05, 0) is 42.0 Å². The van der Waals surface area contributed by atoms with Crippen LogP contribution in [0.15, 0.2) is 60.8 Å². The molecule has 0 saturated carbocycles. The van der Waals surface area contributed by atoms with Gasteiger partial charge in [0.15, 0.2) is 4.77 Å². The molecule has 0 bridgehead atoms. The number of benzene rings is 2. The number of nitrogens with one attached hydrogen (secondary N) is 2. The molecule has 0 atom stereocenters. The number of imidazole rings is 1. The minimum Gasteiger partial charge on any atom is -0.497 e. The Balaban J connectivity index is 0.000000203. The first kappa shape index (κ1) is 16.4. The number of para-hydroxylation sites is 1. The van der Waals surface area contributed by atoms with Crippen molar-refractivity contribution in [3.8, 4) is 17.0 Å². The number of hydrogen-bond acceptors (Lipinski definition) is 4. The zero-order valence-electron chi connectivity index (χ0n) is 12.4. The number of aromatic nitrogens is 2. The summed E-state index contributed by atoms with van der Waals surface area (Å²) in [5, 5.41) is 10.4. The van der Waals surface area contributed by atoms with Crippen molar-refractivity contribution < 1.29 is 9.66 Å². The lowest BCUT2D eigenvalue weighted by molar-refractivity contribution is -0.384. The smallest absolute Gasteiger partial charge is 0.269 e. The molecular weight excluding hydrogens is 314 g/mol. The first-order chi connectivity index (χ1) is 11.1. The number of nitro groups is 1. The number of H-pyrrole nitrogens is 2. The Bertz CT molecular complexity index is 810. The van der Waals surface area contributed by atoms with Crippen LogP contribution in [0.2, 0.25) is 0 Å². The summed E-state index contributed by atoms with van der Waals surface area (Å²) >= 11 is 4.88. The maximum Gasteiger partial charge on any atom is 0.269 e. The van der Waals surface area contributed by atoms with E-state index in [0.717, 1.165) is 17.0 Å². The average Bonchev–Trinajstić information content (AvgIpc) is 3.03. The number of hydrogen-bond donors (Lipinski definition) is 2. The normalized spacial score (nSPS) is 9.61. The molecule has 6 nitrogen and oxygen atoms in total. The maximum atomic E-state index is 10.4. The summed E-state index contributed by atoms with van der Waals surface area (Å²) in [6.07, 6.45) is 1.73. The van der Waals surface area contributed by atoms with Gasteiger partial charge in [-0.2, -0.15) is 0 Å². The number of rotatable bonds is 3. The average molecular weight is 329 g/mol. The molecule has 7 heteroatoms. The van der Waals surface area contributed by atoms with E-state index in [2.05, 4.69) is 9.97 Å². The predicted octanol–water partition coefficient (Wildman–Crippen LogP) is 4.34. The molecule has 3 aromatic rings. The van der Waals surface area contributed by atoms with Crippen molar-refractivity contribution in [3.05, 3.63) is 75.7 Å². The molecule has 0 amide bonds. The lowest BCUT2D eigenvalue weighted by Gasteiger charge is -1.96. The van der Waals surface area contributed by atoms with E-state index in [0.29, 0.717) is 4.77 Å². The van der Waals surface area contributed by atoms with E-state index < -0.39 is 4.92 Å². The van der Waals surface area contributed by atoms with Gasteiger partial charge in [-0.25, -0.2) is 0 Å². The molecule has 0 aliphatic rings. The molecule has 1 aromatic heterocycles. The third-order valence-corrected chi connectivity index (χ3v) is 3.18.